The van der Waals surface area contributed by atoms with E-state index in [4.69, 9.17) is 26.4 Å². The van der Waals surface area contributed by atoms with Gasteiger partial charge in [0.1, 0.15) is 11.8 Å². The second-order valence-corrected chi connectivity index (χ2v) is 9.18. The molecule has 0 aliphatic heterocycles. The summed E-state index contributed by atoms with van der Waals surface area (Å²) in [5.41, 5.74) is 12.4. The molecule has 2 aromatic carbocycles. The largest absolute Gasteiger partial charge is 0.481 e. The average molecular weight is 508 g/mol. The fraction of sp³-hybridized carbons (Fsp3) is 0.238. The predicted molar refractivity (Wildman–Crippen MR) is 125 cm³/mol. The van der Waals surface area contributed by atoms with Gasteiger partial charge in [-0.25, -0.2) is 9.79 Å². The monoisotopic (exact) mass is 507 g/mol. The van der Waals surface area contributed by atoms with Crippen LogP contribution < -0.4 is 20.9 Å². The SMILES string of the molecule is Cc1cc(CNS(=O)(=O)N(C)[C@@H](CC(=O)O)C(=O)O)ccc1OC(=O)c1ccc(N=C(N)N)cc1. The fourth-order valence-electron chi connectivity index (χ4n) is 2.90. The molecule has 0 spiro atoms. The summed E-state index contributed by atoms with van der Waals surface area (Å²) in [5, 5.41) is 18.0. The van der Waals surface area contributed by atoms with Crippen LogP contribution in [0.5, 0.6) is 5.75 Å². The Balaban J connectivity index is 2.06. The van der Waals surface area contributed by atoms with Gasteiger partial charge in [0.05, 0.1) is 17.7 Å². The summed E-state index contributed by atoms with van der Waals surface area (Å²) < 4.78 is 32.9. The van der Waals surface area contributed by atoms with Crippen LogP contribution in [0.25, 0.3) is 0 Å². The minimum atomic E-state index is -4.31. The maximum atomic E-state index is 12.4. The van der Waals surface area contributed by atoms with E-state index in [0.717, 1.165) is 7.05 Å². The quantitative estimate of drug-likeness (QED) is 0.121. The molecule has 0 unspecified atom stereocenters. The number of nitrogens with zero attached hydrogens (tertiary/aromatic N) is 2. The van der Waals surface area contributed by atoms with E-state index in [1.807, 2.05) is 0 Å². The standard InChI is InChI=1S/C21H25N5O8S/c1-12-9-13(11-24-35(32,33)26(2)16(19(29)30)10-18(27)28)3-8-17(12)34-20(31)14-4-6-15(7-5-14)25-21(22)23/h3-9,16,24H,10-11H2,1-2H3,(H,27,28)(H,29,30)(H4,22,23,25)/t16-/m0/s1. The molecular formula is C21H25N5O8S. The molecule has 0 aliphatic rings. The van der Waals surface area contributed by atoms with Crippen LogP contribution in [-0.4, -0.2) is 59.9 Å². The Labute approximate surface area is 201 Å². The molecule has 188 valence electrons. The van der Waals surface area contributed by atoms with Crippen molar-refractivity contribution in [1.82, 2.24) is 9.03 Å². The lowest BCUT2D eigenvalue weighted by molar-refractivity contribution is -0.147. The van der Waals surface area contributed by atoms with Crippen molar-refractivity contribution >= 4 is 39.8 Å². The van der Waals surface area contributed by atoms with Gasteiger partial charge in [-0.15, -0.1) is 0 Å². The van der Waals surface area contributed by atoms with E-state index < -0.39 is 40.6 Å². The second-order valence-electron chi connectivity index (χ2n) is 7.37. The van der Waals surface area contributed by atoms with Crippen molar-refractivity contribution in [3.63, 3.8) is 0 Å². The Morgan fingerprint density at radius 3 is 2.26 bits per heavy atom. The zero-order valence-electron chi connectivity index (χ0n) is 18.8. The molecule has 1 atom stereocenters. The third-order valence-electron chi connectivity index (χ3n) is 4.73. The molecule has 0 bridgehead atoms. The van der Waals surface area contributed by atoms with E-state index in [2.05, 4.69) is 9.71 Å². The lowest BCUT2D eigenvalue weighted by Crippen LogP contribution is -2.48. The number of hydrogen-bond donors (Lipinski definition) is 5. The van der Waals surface area contributed by atoms with E-state index in [9.17, 15) is 22.8 Å². The summed E-state index contributed by atoms with van der Waals surface area (Å²) in [7, 11) is -3.33. The van der Waals surface area contributed by atoms with Crippen LogP contribution in [0.15, 0.2) is 47.5 Å². The highest BCUT2D eigenvalue weighted by Gasteiger charge is 2.33. The number of aryl methyl sites for hydroxylation is 1. The first kappa shape index (κ1) is 27.2. The number of nitrogens with one attached hydrogen (secondary N) is 1. The molecule has 14 heteroatoms. The fourth-order valence-corrected chi connectivity index (χ4v) is 3.95. The lowest BCUT2D eigenvalue weighted by Gasteiger charge is -2.23. The zero-order valence-corrected chi connectivity index (χ0v) is 19.7. The number of likely N-dealkylation sites (N-methyl/N-ethyl adjacent to an activating group) is 1. The van der Waals surface area contributed by atoms with Crippen LogP contribution >= 0.6 is 0 Å². The second kappa shape index (κ2) is 11.4. The van der Waals surface area contributed by atoms with Gasteiger partial charge >= 0.3 is 17.9 Å². The van der Waals surface area contributed by atoms with Gasteiger partial charge in [-0.3, -0.25) is 9.59 Å². The first-order chi connectivity index (χ1) is 16.3. The molecule has 13 nitrogen and oxygen atoms in total. The number of aliphatic carboxylic acids is 2. The number of carboxylic acids is 2. The highest BCUT2D eigenvalue weighted by atomic mass is 32.2. The summed E-state index contributed by atoms with van der Waals surface area (Å²) in [4.78, 5) is 38.4. The maximum Gasteiger partial charge on any atom is 0.343 e. The molecular weight excluding hydrogens is 482 g/mol. The van der Waals surface area contributed by atoms with Crippen molar-refractivity contribution < 1.29 is 37.8 Å². The maximum absolute atomic E-state index is 12.4. The molecule has 0 aliphatic carbocycles. The first-order valence-corrected chi connectivity index (χ1v) is 11.4. The summed E-state index contributed by atoms with van der Waals surface area (Å²) in [6, 6.07) is 8.88. The number of hydrogen-bond acceptors (Lipinski definition) is 7. The Morgan fingerprint density at radius 2 is 1.74 bits per heavy atom. The molecule has 0 radical (unpaired) electrons. The number of carbonyl (C=O) groups is 3. The van der Waals surface area contributed by atoms with Crippen molar-refractivity contribution in [2.24, 2.45) is 16.5 Å². The topological polar surface area (TPSA) is 215 Å². The normalized spacial score (nSPS) is 12.1. The summed E-state index contributed by atoms with van der Waals surface area (Å²) in [6.07, 6.45) is -0.900. The first-order valence-electron chi connectivity index (χ1n) is 9.98. The molecule has 2 aromatic rings. The molecule has 0 saturated heterocycles. The summed E-state index contributed by atoms with van der Waals surface area (Å²) in [5.74, 6) is -3.54. The third kappa shape index (κ3) is 7.77. The number of esters is 1. The van der Waals surface area contributed by atoms with E-state index in [-0.39, 0.29) is 23.8 Å². The van der Waals surface area contributed by atoms with Gasteiger partial charge in [-0.2, -0.15) is 17.4 Å². The van der Waals surface area contributed by atoms with Crippen LogP contribution in [0.2, 0.25) is 0 Å². The summed E-state index contributed by atoms with van der Waals surface area (Å²) in [6.45, 7) is 1.44. The molecule has 0 amide bonds. The molecule has 7 N–H and O–H groups in total. The van der Waals surface area contributed by atoms with Gasteiger partial charge in [0.15, 0.2) is 5.96 Å². The number of guanidine groups is 1. The Bertz CT molecular complexity index is 1240. The Hall–Kier alpha value is -4.01. The zero-order chi connectivity index (χ0) is 26.3. The van der Waals surface area contributed by atoms with Crippen LogP contribution in [0.1, 0.15) is 27.9 Å². The minimum Gasteiger partial charge on any atom is -0.481 e. The molecule has 0 saturated carbocycles. The number of aliphatic imine (C=N–C) groups is 1. The van der Waals surface area contributed by atoms with Crippen molar-refractivity contribution in [1.29, 1.82) is 0 Å². The van der Waals surface area contributed by atoms with Crippen LogP contribution in [-0.2, 0) is 26.3 Å². The highest BCUT2D eigenvalue weighted by molar-refractivity contribution is 7.87. The van der Waals surface area contributed by atoms with Gasteiger partial charge in [0.25, 0.3) is 10.2 Å². The van der Waals surface area contributed by atoms with Gasteiger partial charge < -0.3 is 26.4 Å². The minimum absolute atomic E-state index is 0.119. The number of rotatable bonds is 11. The Kier molecular flexibility index (Phi) is 8.88. The Morgan fingerprint density at radius 1 is 1.11 bits per heavy atom. The van der Waals surface area contributed by atoms with E-state index in [0.29, 0.717) is 21.1 Å². The number of carboxylic acid groups (broad SMARTS) is 2. The van der Waals surface area contributed by atoms with Gasteiger partial charge in [0, 0.05) is 13.6 Å². The van der Waals surface area contributed by atoms with Crippen LogP contribution in [0.3, 0.4) is 0 Å². The van der Waals surface area contributed by atoms with Crippen LogP contribution in [0, 0.1) is 6.92 Å². The van der Waals surface area contributed by atoms with E-state index in [1.165, 1.54) is 24.3 Å². The van der Waals surface area contributed by atoms with Crippen LogP contribution in [0.4, 0.5) is 5.69 Å². The number of benzene rings is 2. The predicted octanol–water partition coefficient (Wildman–Crippen LogP) is 0.313. The molecule has 0 aromatic heterocycles. The van der Waals surface area contributed by atoms with Crippen molar-refractivity contribution in [3.05, 3.63) is 59.2 Å². The van der Waals surface area contributed by atoms with Gasteiger partial charge in [0.2, 0.25) is 0 Å². The number of carbonyl (C=O) groups excluding carboxylic acids is 1. The smallest absolute Gasteiger partial charge is 0.343 e. The number of ether oxygens (including phenoxy) is 1. The molecule has 0 heterocycles. The average Bonchev–Trinajstić information content (AvgIpc) is 2.77. The van der Waals surface area contributed by atoms with Crippen molar-refractivity contribution in [2.45, 2.75) is 25.9 Å². The molecule has 2 rings (SSSR count). The molecule has 0 fully saturated rings. The van der Waals surface area contributed by atoms with Crippen molar-refractivity contribution in [2.75, 3.05) is 7.05 Å². The van der Waals surface area contributed by atoms with Gasteiger partial charge in [-0.1, -0.05) is 12.1 Å². The third-order valence-corrected chi connectivity index (χ3v) is 6.25. The highest BCUT2D eigenvalue weighted by Crippen LogP contribution is 2.22. The lowest BCUT2D eigenvalue weighted by atomic mass is 10.1. The van der Waals surface area contributed by atoms with Crippen molar-refractivity contribution in [3.8, 4) is 5.75 Å². The van der Waals surface area contributed by atoms with Gasteiger partial charge in [-0.05, 0) is 48.4 Å². The van der Waals surface area contributed by atoms with E-state index in [1.54, 1.807) is 25.1 Å². The molecule has 35 heavy (non-hydrogen) atoms. The summed E-state index contributed by atoms with van der Waals surface area (Å²) >= 11 is 0. The number of nitrogens with two attached hydrogens (primary N) is 2. The van der Waals surface area contributed by atoms with E-state index >= 15 is 0 Å².